The predicted octanol–water partition coefficient (Wildman–Crippen LogP) is 4.43. The second-order valence-corrected chi connectivity index (χ2v) is 4.68. The fourth-order valence-electron chi connectivity index (χ4n) is 1.50. The molecule has 0 spiro atoms. The second-order valence-electron chi connectivity index (χ2n) is 4.06. The molecule has 0 aromatic heterocycles. The van der Waals surface area contributed by atoms with Gasteiger partial charge in [-0.3, -0.25) is 0 Å². The molecule has 1 unspecified atom stereocenters. The van der Waals surface area contributed by atoms with Gasteiger partial charge in [0.2, 0.25) is 0 Å². The molecule has 1 nitrogen and oxygen atoms in total. The molecule has 0 heterocycles. The van der Waals surface area contributed by atoms with Crippen LogP contribution in [0.1, 0.15) is 38.7 Å². The van der Waals surface area contributed by atoms with Gasteiger partial charge in [-0.05, 0) is 37.0 Å². The Kier molecular flexibility index (Phi) is 6.32. The van der Waals surface area contributed by atoms with E-state index in [1.54, 1.807) is 0 Å². The first kappa shape index (κ1) is 13.4. The van der Waals surface area contributed by atoms with E-state index in [-0.39, 0.29) is 5.38 Å². The molecule has 0 aliphatic heterocycles. The lowest BCUT2D eigenvalue weighted by molar-refractivity contribution is 0.309. The summed E-state index contributed by atoms with van der Waals surface area (Å²) in [5.74, 6) is 0.964. The van der Waals surface area contributed by atoms with E-state index in [9.17, 15) is 0 Å². The lowest BCUT2D eigenvalue weighted by Crippen LogP contribution is -2.02. The average molecular weight is 241 g/mol. The molecule has 90 valence electrons. The van der Waals surface area contributed by atoms with Crippen molar-refractivity contribution >= 4 is 11.6 Å². The molecule has 2 heteroatoms. The standard InChI is InChI=1S/C14H21ClO/c1-3-5-9-16-14-8-6-7-12(11-14)10-13(15)4-2/h6-8,11,13H,3-5,9-10H2,1-2H3. The van der Waals surface area contributed by atoms with Crippen LogP contribution in [0.2, 0.25) is 0 Å². The number of benzene rings is 1. The fourth-order valence-corrected chi connectivity index (χ4v) is 1.67. The molecule has 0 saturated carbocycles. The lowest BCUT2D eigenvalue weighted by atomic mass is 10.1. The van der Waals surface area contributed by atoms with Crippen LogP contribution in [0, 0.1) is 0 Å². The number of ether oxygens (including phenoxy) is 1. The third-order valence-corrected chi connectivity index (χ3v) is 3.03. The van der Waals surface area contributed by atoms with E-state index in [4.69, 9.17) is 16.3 Å². The molecule has 16 heavy (non-hydrogen) atoms. The van der Waals surface area contributed by atoms with Crippen molar-refractivity contribution in [2.75, 3.05) is 6.61 Å². The summed E-state index contributed by atoms with van der Waals surface area (Å²) in [5.41, 5.74) is 1.26. The molecular formula is C14H21ClO. The van der Waals surface area contributed by atoms with Crippen LogP contribution in [-0.2, 0) is 6.42 Å². The molecule has 0 saturated heterocycles. The highest BCUT2D eigenvalue weighted by Crippen LogP contribution is 2.17. The maximum absolute atomic E-state index is 6.14. The minimum Gasteiger partial charge on any atom is -0.494 e. The first-order valence-electron chi connectivity index (χ1n) is 6.12. The molecule has 0 aliphatic carbocycles. The van der Waals surface area contributed by atoms with E-state index < -0.39 is 0 Å². The van der Waals surface area contributed by atoms with Crippen molar-refractivity contribution in [1.82, 2.24) is 0 Å². The van der Waals surface area contributed by atoms with Gasteiger partial charge in [-0.2, -0.15) is 0 Å². The van der Waals surface area contributed by atoms with E-state index >= 15 is 0 Å². The maximum atomic E-state index is 6.14. The van der Waals surface area contributed by atoms with Gasteiger partial charge < -0.3 is 4.74 Å². The lowest BCUT2D eigenvalue weighted by Gasteiger charge is -2.09. The Bertz CT molecular complexity index is 299. The van der Waals surface area contributed by atoms with Gasteiger partial charge in [-0.1, -0.05) is 32.4 Å². The van der Waals surface area contributed by atoms with Gasteiger partial charge in [0.15, 0.2) is 0 Å². The first-order valence-corrected chi connectivity index (χ1v) is 6.55. The van der Waals surface area contributed by atoms with Crippen LogP contribution < -0.4 is 4.74 Å². The summed E-state index contributed by atoms with van der Waals surface area (Å²) in [6.45, 7) is 5.08. The van der Waals surface area contributed by atoms with Crippen molar-refractivity contribution in [2.24, 2.45) is 0 Å². The largest absolute Gasteiger partial charge is 0.494 e. The van der Waals surface area contributed by atoms with Crippen molar-refractivity contribution in [3.63, 3.8) is 0 Å². The molecule has 1 aromatic carbocycles. The van der Waals surface area contributed by atoms with Gasteiger partial charge >= 0.3 is 0 Å². The highest BCUT2D eigenvalue weighted by molar-refractivity contribution is 6.20. The third-order valence-electron chi connectivity index (χ3n) is 2.57. The zero-order chi connectivity index (χ0) is 11.8. The summed E-state index contributed by atoms with van der Waals surface area (Å²) in [6.07, 6.45) is 4.20. The van der Waals surface area contributed by atoms with Gasteiger partial charge in [0.05, 0.1) is 6.61 Å². The van der Waals surface area contributed by atoms with Gasteiger partial charge in [0, 0.05) is 5.38 Å². The van der Waals surface area contributed by atoms with Gasteiger partial charge in [0.25, 0.3) is 0 Å². The number of hydrogen-bond donors (Lipinski definition) is 0. The van der Waals surface area contributed by atoms with Crippen LogP contribution in [0.3, 0.4) is 0 Å². The van der Waals surface area contributed by atoms with E-state index in [1.807, 2.05) is 12.1 Å². The fraction of sp³-hybridized carbons (Fsp3) is 0.571. The van der Waals surface area contributed by atoms with Crippen LogP contribution in [0.5, 0.6) is 5.75 Å². The topological polar surface area (TPSA) is 9.23 Å². The minimum absolute atomic E-state index is 0.228. The predicted molar refractivity (Wildman–Crippen MR) is 70.5 cm³/mol. The van der Waals surface area contributed by atoms with Crippen LogP contribution in [0.4, 0.5) is 0 Å². The van der Waals surface area contributed by atoms with Gasteiger partial charge in [0.1, 0.15) is 5.75 Å². The molecular weight excluding hydrogens is 220 g/mol. The summed E-state index contributed by atoms with van der Waals surface area (Å²) in [5, 5.41) is 0.228. The highest BCUT2D eigenvalue weighted by atomic mass is 35.5. The van der Waals surface area contributed by atoms with Crippen LogP contribution in [0.15, 0.2) is 24.3 Å². The van der Waals surface area contributed by atoms with E-state index in [1.165, 1.54) is 12.0 Å². The van der Waals surface area contributed by atoms with E-state index in [0.29, 0.717) is 0 Å². The smallest absolute Gasteiger partial charge is 0.119 e. The number of rotatable bonds is 7. The summed E-state index contributed by atoms with van der Waals surface area (Å²) < 4.78 is 5.66. The SMILES string of the molecule is CCCCOc1cccc(CC(Cl)CC)c1. The van der Waals surface area contributed by atoms with Gasteiger partial charge in [-0.15, -0.1) is 11.6 Å². The Morgan fingerprint density at radius 1 is 1.31 bits per heavy atom. The van der Waals surface area contributed by atoms with E-state index in [0.717, 1.165) is 31.6 Å². The Balaban J connectivity index is 2.50. The van der Waals surface area contributed by atoms with Crippen molar-refractivity contribution in [3.8, 4) is 5.75 Å². The van der Waals surface area contributed by atoms with Crippen LogP contribution in [-0.4, -0.2) is 12.0 Å². The quantitative estimate of drug-likeness (QED) is 0.506. The minimum atomic E-state index is 0.228. The molecule has 0 aliphatic rings. The molecule has 1 aromatic rings. The van der Waals surface area contributed by atoms with Crippen molar-refractivity contribution in [1.29, 1.82) is 0 Å². The number of unbranched alkanes of at least 4 members (excludes halogenated alkanes) is 1. The van der Waals surface area contributed by atoms with Crippen molar-refractivity contribution in [2.45, 2.75) is 44.9 Å². The highest BCUT2D eigenvalue weighted by Gasteiger charge is 2.04. The molecule has 0 radical (unpaired) electrons. The zero-order valence-electron chi connectivity index (χ0n) is 10.2. The molecule has 0 bridgehead atoms. The number of hydrogen-bond acceptors (Lipinski definition) is 1. The molecule has 0 fully saturated rings. The Morgan fingerprint density at radius 3 is 2.81 bits per heavy atom. The summed E-state index contributed by atoms with van der Waals surface area (Å²) >= 11 is 6.14. The molecule has 1 rings (SSSR count). The first-order chi connectivity index (χ1) is 7.76. The van der Waals surface area contributed by atoms with E-state index in [2.05, 4.69) is 26.0 Å². The molecule has 1 atom stereocenters. The molecule has 0 N–H and O–H groups in total. The van der Waals surface area contributed by atoms with Crippen molar-refractivity contribution < 1.29 is 4.74 Å². The second kappa shape index (κ2) is 7.56. The normalized spacial score (nSPS) is 12.4. The maximum Gasteiger partial charge on any atom is 0.119 e. The summed E-state index contributed by atoms with van der Waals surface area (Å²) in [7, 11) is 0. The zero-order valence-corrected chi connectivity index (χ0v) is 11.0. The number of halogens is 1. The van der Waals surface area contributed by atoms with Gasteiger partial charge in [-0.25, -0.2) is 0 Å². The Labute approximate surface area is 104 Å². The summed E-state index contributed by atoms with van der Waals surface area (Å²) in [4.78, 5) is 0. The molecule has 0 amide bonds. The Hall–Kier alpha value is -0.690. The van der Waals surface area contributed by atoms with Crippen LogP contribution >= 0.6 is 11.6 Å². The van der Waals surface area contributed by atoms with Crippen LogP contribution in [0.25, 0.3) is 0 Å². The average Bonchev–Trinajstić information content (AvgIpc) is 2.30. The summed E-state index contributed by atoms with van der Waals surface area (Å²) in [6, 6.07) is 8.25. The number of alkyl halides is 1. The van der Waals surface area contributed by atoms with Crippen molar-refractivity contribution in [3.05, 3.63) is 29.8 Å². The third kappa shape index (κ3) is 4.89. The Morgan fingerprint density at radius 2 is 2.12 bits per heavy atom. The monoisotopic (exact) mass is 240 g/mol.